The molecule has 1 aromatic carbocycles. The van der Waals surface area contributed by atoms with Crippen LogP contribution in [0.1, 0.15) is 18.1 Å². The molecule has 0 aliphatic carbocycles. The van der Waals surface area contributed by atoms with Crippen LogP contribution in [0.15, 0.2) is 34.2 Å². The quantitative estimate of drug-likeness (QED) is 0.822. The Hall–Kier alpha value is -2.15. The van der Waals surface area contributed by atoms with Gasteiger partial charge in [0, 0.05) is 5.69 Å². The lowest BCUT2D eigenvalue weighted by atomic mass is 10.1. The number of amides is 1. The molecule has 2 N–H and O–H groups in total. The van der Waals surface area contributed by atoms with E-state index in [2.05, 4.69) is 20.5 Å². The molecule has 0 bridgehead atoms. The number of rotatable bonds is 5. The molecule has 1 amide bonds. The number of nitrogens with one attached hydrogen (secondary N) is 2. The molecule has 0 radical (unpaired) electrons. The molecule has 21 heavy (non-hydrogen) atoms. The SMILES string of the molecule is CCc1cccc(C)c1NC(=O)CSc1cn[nH]c(=O)n1. The van der Waals surface area contributed by atoms with Crippen molar-refractivity contribution in [2.75, 3.05) is 11.1 Å². The molecule has 0 unspecified atom stereocenters. The Kier molecular flexibility index (Phi) is 5.10. The second kappa shape index (κ2) is 7.03. The summed E-state index contributed by atoms with van der Waals surface area (Å²) in [4.78, 5) is 26.7. The molecule has 0 saturated heterocycles. The van der Waals surface area contributed by atoms with Crippen molar-refractivity contribution < 1.29 is 4.79 Å². The Balaban J connectivity index is 2.01. The van der Waals surface area contributed by atoms with Gasteiger partial charge in [-0.15, -0.1) is 0 Å². The molecule has 7 heteroatoms. The van der Waals surface area contributed by atoms with Gasteiger partial charge in [-0.2, -0.15) is 10.1 Å². The highest BCUT2D eigenvalue weighted by Crippen LogP contribution is 2.21. The number of aromatic amines is 1. The molecule has 0 aliphatic rings. The summed E-state index contributed by atoms with van der Waals surface area (Å²) < 4.78 is 0. The van der Waals surface area contributed by atoms with Crippen LogP contribution < -0.4 is 11.0 Å². The molecule has 1 heterocycles. The molecule has 0 spiro atoms. The molecule has 2 rings (SSSR count). The number of benzene rings is 1. The summed E-state index contributed by atoms with van der Waals surface area (Å²) in [5, 5.41) is 9.17. The standard InChI is InChI=1S/C14H16N4O2S/c1-3-10-6-4-5-9(2)13(10)16-11(19)8-21-12-7-15-18-14(20)17-12/h4-7H,3,8H2,1-2H3,(H,16,19)(H,17,18,20). The van der Waals surface area contributed by atoms with E-state index in [1.54, 1.807) is 0 Å². The van der Waals surface area contributed by atoms with E-state index >= 15 is 0 Å². The van der Waals surface area contributed by atoms with Gasteiger partial charge in [0.05, 0.1) is 11.9 Å². The Morgan fingerprint density at radius 2 is 2.24 bits per heavy atom. The van der Waals surface area contributed by atoms with Crippen molar-refractivity contribution in [1.29, 1.82) is 0 Å². The Labute approximate surface area is 126 Å². The number of aryl methyl sites for hydroxylation is 2. The first-order valence-electron chi connectivity index (χ1n) is 6.53. The minimum absolute atomic E-state index is 0.133. The summed E-state index contributed by atoms with van der Waals surface area (Å²) in [6.45, 7) is 4.01. The van der Waals surface area contributed by atoms with Crippen molar-refractivity contribution in [1.82, 2.24) is 15.2 Å². The topological polar surface area (TPSA) is 87.7 Å². The predicted molar refractivity (Wildman–Crippen MR) is 82.6 cm³/mol. The molecule has 2 aromatic rings. The van der Waals surface area contributed by atoms with Gasteiger partial charge in [-0.1, -0.05) is 36.9 Å². The predicted octanol–water partition coefficient (Wildman–Crippen LogP) is 1.77. The van der Waals surface area contributed by atoms with Crippen LogP contribution >= 0.6 is 11.8 Å². The molecule has 1 aromatic heterocycles. The highest BCUT2D eigenvalue weighted by atomic mass is 32.2. The van der Waals surface area contributed by atoms with E-state index in [0.29, 0.717) is 5.03 Å². The summed E-state index contributed by atoms with van der Waals surface area (Å²) in [5.74, 6) is 0.0430. The summed E-state index contributed by atoms with van der Waals surface area (Å²) in [6, 6.07) is 5.94. The molecule has 0 aliphatic heterocycles. The lowest BCUT2D eigenvalue weighted by molar-refractivity contribution is -0.113. The number of hydrogen-bond acceptors (Lipinski definition) is 5. The highest BCUT2D eigenvalue weighted by Gasteiger charge is 2.09. The summed E-state index contributed by atoms with van der Waals surface area (Å²) in [6.07, 6.45) is 2.27. The lowest BCUT2D eigenvalue weighted by Crippen LogP contribution is -2.17. The zero-order chi connectivity index (χ0) is 15.2. The third-order valence-corrected chi connectivity index (χ3v) is 3.80. The molecule has 0 atom stereocenters. The van der Waals surface area contributed by atoms with E-state index in [1.807, 2.05) is 32.0 Å². The van der Waals surface area contributed by atoms with Crippen molar-refractivity contribution in [3.63, 3.8) is 0 Å². The number of H-pyrrole nitrogens is 1. The molecule has 0 fully saturated rings. The summed E-state index contributed by atoms with van der Waals surface area (Å²) in [7, 11) is 0. The van der Waals surface area contributed by atoms with Gasteiger partial charge in [0.1, 0.15) is 5.03 Å². The number of carbonyl (C=O) groups is 1. The zero-order valence-electron chi connectivity index (χ0n) is 11.8. The van der Waals surface area contributed by atoms with E-state index in [0.717, 1.165) is 23.2 Å². The van der Waals surface area contributed by atoms with Crippen molar-refractivity contribution in [2.45, 2.75) is 25.3 Å². The summed E-state index contributed by atoms with van der Waals surface area (Å²) in [5.41, 5.74) is 2.48. The van der Waals surface area contributed by atoms with Gasteiger partial charge in [-0.05, 0) is 24.5 Å². The maximum Gasteiger partial charge on any atom is 0.362 e. The zero-order valence-corrected chi connectivity index (χ0v) is 12.7. The number of nitrogens with zero attached hydrogens (tertiary/aromatic N) is 2. The number of para-hydroxylation sites is 1. The van der Waals surface area contributed by atoms with Crippen LogP contribution in [0.4, 0.5) is 5.69 Å². The Morgan fingerprint density at radius 3 is 2.95 bits per heavy atom. The fraction of sp³-hybridized carbons (Fsp3) is 0.286. The first-order chi connectivity index (χ1) is 10.1. The van der Waals surface area contributed by atoms with Crippen molar-refractivity contribution in [3.8, 4) is 0 Å². The van der Waals surface area contributed by atoms with E-state index in [1.165, 1.54) is 18.0 Å². The van der Waals surface area contributed by atoms with E-state index in [-0.39, 0.29) is 11.7 Å². The molecule has 110 valence electrons. The van der Waals surface area contributed by atoms with Crippen LogP contribution in [-0.4, -0.2) is 26.8 Å². The minimum Gasteiger partial charge on any atom is -0.325 e. The average Bonchev–Trinajstić information content (AvgIpc) is 2.47. The monoisotopic (exact) mass is 304 g/mol. The maximum absolute atomic E-state index is 12.0. The minimum atomic E-state index is -0.521. The fourth-order valence-electron chi connectivity index (χ4n) is 1.88. The van der Waals surface area contributed by atoms with Crippen LogP contribution in [0.5, 0.6) is 0 Å². The third-order valence-electron chi connectivity index (χ3n) is 2.90. The Bertz CT molecular complexity index is 699. The van der Waals surface area contributed by atoms with Crippen LogP contribution in [0.2, 0.25) is 0 Å². The first-order valence-corrected chi connectivity index (χ1v) is 7.51. The second-order valence-electron chi connectivity index (χ2n) is 4.42. The van der Waals surface area contributed by atoms with Crippen LogP contribution in [0, 0.1) is 6.92 Å². The van der Waals surface area contributed by atoms with Crippen LogP contribution in [-0.2, 0) is 11.2 Å². The Morgan fingerprint density at radius 1 is 1.43 bits per heavy atom. The van der Waals surface area contributed by atoms with Gasteiger partial charge in [0.2, 0.25) is 5.91 Å². The number of carbonyl (C=O) groups excluding carboxylic acids is 1. The van der Waals surface area contributed by atoms with Crippen LogP contribution in [0.3, 0.4) is 0 Å². The van der Waals surface area contributed by atoms with E-state index < -0.39 is 5.69 Å². The number of hydrogen-bond donors (Lipinski definition) is 2. The molecular formula is C14H16N4O2S. The third kappa shape index (κ3) is 4.16. The van der Waals surface area contributed by atoms with Gasteiger partial charge in [-0.3, -0.25) is 4.79 Å². The number of anilines is 1. The second-order valence-corrected chi connectivity index (χ2v) is 5.42. The van der Waals surface area contributed by atoms with Crippen molar-refractivity contribution >= 4 is 23.4 Å². The first kappa shape index (κ1) is 15.2. The van der Waals surface area contributed by atoms with Gasteiger partial charge in [0.25, 0.3) is 0 Å². The molecular weight excluding hydrogens is 288 g/mol. The van der Waals surface area contributed by atoms with Crippen LogP contribution in [0.25, 0.3) is 0 Å². The van der Waals surface area contributed by atoms with Crippen molar-refractivity contribution in [3.05, 3.63) is 46.0 Å². The fourth-order valence-corrected chi connectivity index (χ4v) is 2.51. The summed E-state index contributed by atoms with van der Waals surface area (Å²) >= 11 is 1.18. The largest absolute Gasteiger partial charge is 0.362 e. The van der Waals surface area contributed by atoms with Gasteiger partial charge in [0.15, 0.2) is 0 Å². The molecule has 6 nitrogen and oxygen atoms in total. The van der Waals surface area contributed by atoms with E-state index in [4.69, 9.17) is 0 Å². The van der Waals surface area contributed by atoms with E-state index in [9.17, 15) is 9.59 Å². The smallest absolute Gasteiger partial charge is 0.325 e. The normalized spacial score (nSPS) is 10.4. The number of aromatic nitrogens is 3. The molecule has 0 saturated carbocycles. The number of thioether (sulfide) groups is 1. The average molecular weight is 304 g/mol. The maximum atomic E-state index is 12.0. The van der Waals surface area contributed by atoms with Gasteiger partial charge in [-0.25, -0.2) is 9.89 Å². The van der Waals surface area contributed by atoms with Gasteiger partial charge >= 0.3 is 5.69 Å². The van der Waals surface area contributed by atoms with Crippen molar-refractivity contribution in [2.24, 2.45) is 0 Å². The lowest BCUT2D eigenvalue weighted by Gasteiger charge is -2.12. The van der Waals surface area contributed by atoms with Gasteiger partial charge < -0.3 is 5.32 Å². The highest BCUT2D eigenvalue weighted by molar-refractivity contribution is 7.99.